The van der Waals surface area contributed by atoms with Gasteiger partial charge in [-0.2, -0.15) is 0 Å². The topological polar surface area (TPSA) is 32.3 Å². The monoisotopic (exact) mass is 292 g/mol. The van der Waals surface area contributed by atoms with E-state index in [-0.39, 0.29) is 17.9 Å². The molecule has 0 saturated carbocycles. The fourth-order valence-electron chi connectivity index (χ4n) is 3.57. The molecule has 0 aliphatic carbocycles. The Morgan fingerprint density at radius 3 is 2.75 bits per heavy atom. The number of amides is 1. The third-order valence-corrected chi connectivity index (χ3v) is 5.25. The van der Waals surface area contributed by atoms with Gasteiger partial charge in [0.2, 0.25) is 5.91 Å². The van der Waals surface area contributed by atoms with Crippen LogP contribution >= 0.6 is 11.6 Å². The zero-order valence-electron chi connectivity index (χ0n) is 12.0. The Labute approximate surface area is 125 Å². The van der Waals surface area contributed by atoms with Crippen molar-refractivity contribution in [1.29, 1.82) is 0 Å². The minimum Gasteiger partial charge on any atom is -0.339 e. The van der Waals surface area contributed by atoms with Crippen molar-refractivity contribution in [2.24, 2.45) is 5.92 Å². The van der Waals surface area contributed by atoms with E-state index in [4.69, 9.17) is 11.6 Å². The Balaban J connectivity index is 1.74. The van der Waals surface area contributed by atoms with Crippen molar-refractivity contribution in [3.05, 3.63) is 34.9 Å². The van der Waals surface area contributed by atoms with Crippen molar-refractivity contribution in [1.82, 2.24) is 10.2 Å². The Kier molecular flexibility index (Phi) is 3.74. The van der Waals surface area contributed by atoms with Crippen LogP contribution < -0.4 is 5.32 Å². The first-order valence-corrected chi connectivity index (χ1v) is 7.73. The minimum atomic E-state index is 0.00956. The summed E-state index contributed by atoms with van der Waals surface area (Å²) in [5.74, 6) is 0.390. The molecule has 3 nitrogen and oxygen atoms in total. The lowest BCUT2D eigenvalue weighted by Crippen LogP contribution is -2.40. The van der Waals surface area contributed by atoms with E-state index in [1.165, 1.54) is 6.42 Å². The van der Waals surface area contributed by atoms with Crippen LogP contribution in [0, 0.1) is 5.92 Å². The molecule has 1 N–H and O–H groups in total. The quantitative estimate of drug-likeness (QED) is 0.929. The number of rotatable bonds is 3. The van der Waals surface area contributed by atoms with E-state index in [0.717, 1.165) is 23.4 Å². The highest BCUT2D eigenvalue weighted by atomic mass is 35.5. The summed E-state index contributed by atoms with van der Waals surface area (Å²) in [4.78, 5) is 14.6. The molecule has 108 valence electrons. The molecule has 1 aromatic carbocycles. The summed E-state index contributed by atoms with van der Waals surface area (Å²) in [7, 11) is 1.89. The molecule has 0 spiro atoms. The van der Waals surface area contributed by atoms with Gasteiger partial charge in [-0.25, -0.2) is 0 Å². The number of halogens is 1. The summed E-state index contributed by atoms with van der Waals surface area (Å²) in [5.41, 5.74) is 1.01. The lowest BCUT2D eigenvalue weighted by molar-refractivity contribution is -0.136. The number of carbonyl (C=O) groups excluding carboxylic acids is 1. The second-order valence-corrected chi connectivity index (χ2v) is 6.44. The van der Waals surface area contributed by atoms with Crippen LogP contribution in [0.4, 0.5) is 0 Å². The SMILES string of the molecule is CC(c1ccccc1Cl)N(C)C(=O)C1CC2CCC1N2. The number of nitrogens with one attached hydrogen (secondary N) is 1. The molecule has 4 heteroatoms. The summed E-state index contributed by atoms with van der Waals surface area (Å²) >= 11 is 6.24. The summed E-state index contributed by atoms with van der Waals surface area (Å²) in [6.45, 7) is 2.04. The third-order valence-electron chi connectivity index (χ3n) is 4.90. The zero-order chi connectivity index (χ0) is 14.3. The van der Waals surface area contributed by atoms with Crippen molar-refractivity contribution in [2.45, 2.75) is 44.3 Å². The highest BCUT2D eigenvalue weighted by Crippen LogP contribution is 2.36. The van der Waals surface area contributed by atoms with E-state index in [1.54, 1.807) is 0 Å². The molecule has 0 aromatic heterocycles. The molecule has 0 radical (unpaired) electrons. The fourth-order valence-corrected chi connectivity index (χ4v) is 3.87. The normalized spacial score (nSPS) is 29.4. The van der Waals surface area contributed by atoms with Crippen LogP contribution in [-0.4, -0.2) is 29.9 Å². The average Bonchev–Trinajstić information content (AvgIpc) is 3.08. The summed E-state index contributed by atoms with van der Waals surface area (Å²) < 4.78 is 0. The van der Waals surface area contributed by atoms with Gasteiger partial charge in [0, 0.05) is 24.2 Å². The lowest BCUT2D eigenvalue weighted by Gasteiger charge is -2.31. The van der Waals surface area contributed by atoms with Gasteiger partial charge in [-0.1, -0.05) is 29.8 Å². The molecule has 1 amide bonds. The maximum absolute atomic E-state index is 12.7. The van der Waals surface area contributed by atoms with Gasteiger partial charge < -0.3 is 10.2 Å². The first-order chi connectivity index (χ1) is 9.58. The number of carbonyl (C=O) groups is 1. The van der Waals surface area contributed by atoms with Crippen LogP contribution in [0.5, 0.6) is 0 Å². The number of nitrogens with zero attached hydrogens (tertiary/aromatic N) is 1. The predicted octanol–water partition coefficient (Wildman–Crippen LogP) is 3.00. The molecule has 20 heavy (non-hydrogen) atoms. The Hall–Kier alpha value is -1.06. The molecule has 3 rings (SSSR count). The standard InChI is InChI=1S/C16H21ClN2O/c1-10(12-5-3-4-6-14(12)17)19(2)16(20)13-9-11-7-8-15(13)18-11/h3-6,10-11,13,15,18H,7-9H2,1-2H3. The maximum atomic E-state index is 12.7. The molecule has 2 fully saturated rings. The molecular formula is C16H21ClN2O. The van der Waals surface area contributed by atoms with Crippen molar-refractivity contribution < 1.29 is 4.79 Å². The highest BCUT2D eigenvalue weighted by Gasteiger charge is 2.44. The van der Waals surface area contributed by atoms with E-state index in [0.29, 0.717) is 12.1 Å². The van der Waals surface area contributed by atoms with Crippen LogP contribution in [0.25, 0.3) is 0 Å². The number of hydrogen-bond acceptors (Lipinski definition) is 2. The van der Waals surface area contributed by atoms with E-state index < -0.39 is 0 Å². The Morgan fingerprint density at radius 1 is 1.40 bits per heavy atom. The Bertz CT molecular complexity index is 519. The predicted molar refractivity (Wildman–Crippen MR) is 80.7 cm³/mol. The lowest BCUT2D eigenvalue weighted by atomic mass is 9.87. The van der Waals surface area contributed by atoms with Gasteiger partial charge in [0.15, 0.2) is 0 Å². The van der Waals surface area contributed by atoms with Gasteiger partial charge in [0.1, 0.15) is 0 Å². The number of hydrogen-bond donors (Lipinski definition) is 1. The fraction of sp³-hybridized carbons (Fsp3) is 0.562. The molecule has 1 aromatic rings. The summed E-state index contributed by atoms with van der Waals surface area (Å²) in [6, 6.07) is 8.71. The molecule has 2 aliphatic heterocycles. The molecule has 2 bridgehead atoms. The smallest absolute Gasteiger partial charge is 0.227 e. The largest absolute Gasteiger partial charge is 0.339 e. The van der Waals surface area contributed by atoms with Crippen LogP contribution in [-0.2, 0) is 4.79 Å². The van der Waals surface area contributed by atoms with Crippen LogP contribution in [0.3, 0.4) is 0 Å². The molecular weight excluding hydrogens is 272 g/mol. The Morgan fingerprint density at radius 2 is 2.15 bits per heavy atom. The molecule has 4 atom stereocenters. The van der Waals surface area contributed by atoms with Crippen LogP contribution in [0.15, 0.2) is 24.3 Å². The molecule has 4 unspecified atom stereocenters. The van der Waals surface area contributed by atoms with Crippen molar-refractivity contribution >= 4 is 17.5 Å². The van der Waals surface area contributed by atoms with Crippen LogP contribution in [0.1, 0.15) is 37.8 Å². The van der Waals surface area contributed by atoms with E-state index in [1.807, 2.05) is 43.1 Å². The summed E-state index contributed by atoms with van der Waals surface area (Å²) in [6.07, 6.45) is 3.34. The molecule has 2 heterocycles. The number of benzene rings is 1. The average molecular weight is 293 g/mol. The van der Waals surface area contributed by atoms with Crippen molar-refractivity contribution in [2.75, 3.05) is 7.05 Å². The highest BCUT2D eigenvalue weighted by molar-refractivity contribution is 6.31. The van der Waals surface area contributed by atoms with Gasteiger partial charge in [-0.3, -0.25) is 4.79 Å². The van der Waals surface area contributed by atoms with Gasteiger partial charge in [-0.05, 0) is 37.8 Å². The van der Waals surface area contributed by atoms with Gasteiger partial charge in [0.05, 0.1) is 12.0 Å². The minimum absolute atomic E-state index is 0.00956. The van der Waals surface area contributed by atoms with Gasteiger partial charge in [0.25, 0.3) is 0 Å². The van der Waals surface area contributed by atoms with E-state index >= 15 is 0 Å². The van der Waals surface area contributed by atoms with Gasteiger partial charge in [-0.15, -0.1) is 0 Å². The van der Waals surface area contributed by atoms with E-state index in [2.05, 4.69) is 5.32 Å². The van der Waals surface area contributed by atoms with Crippen molar-refractivity contribution in [3.8, 4) is 0 Å². The van der Waals surface area contributed by atoms with Crippen LogP contribution in [0.2, 0.25) is 5.02 Å². The molecule has 2 saturated heterocycles. The summed E-state index contributed by atoms with van der Waals surface area (Å²) in [5, 5.41) is 4.26. The van der Waals surface area contributed by atoms with E-state index in [9.17, 15) is 4.79 Å². The number of fused-ring (bicyclic) bond motifs is 2. The first-order valence-electron chi connectivity index (χ1n) is 7.35. The zero-order valence-corrected chi connectivity index (χ0v) is 12.7. The van der Waals surface area contributed by atoms with Gasteiger partial charge >= 0.3 is 0 Å². The molecule has 2 aliphatic rings. The van der Waals surface area contributed by atoms with Crippen molar-refractivity contribution in [3.63, 3.8) is 0 Å². The third kappa shape index (κ3) is 2.33. The second-order valence-electron chi connectivity index (χ2n) is 6.04. The first kappa shape index (κ1) is 13.9. The second kappa shape index (κ2) is 5.38. The maximum Gasteiger partial charge on any atom is 0.227 e.